The molecule has 0 spiro atoms. The molecule has 0 aliphatic rings. The van der Waals surface area contributed by atoms with Crippen LogP contribution in [-0.2, 0) is 0 Å². The molecule has 2 aromatic carbocycles. The second kappa shape index (κ2) is 6.84. The Balaban J connectivity index is 1.78. The van der Waals surface area contributed by atoms with Gasteiger partial charge in [-0.1, -0.05) is 50.2 Å². The van der Waals surface area contributed by atoms with Crippen LogP contribution in [0.1, 0.15) is 35.7 Å². The molecule has 0 saturated heterocycles. The molecule has 4 nitrogen and oxygen atoms in total. The van der Waals surface area contributed by atoms with Crippen LogP contribution in [-0.4, -0.2) is 11.0 Å². The Morgan fingerprint density at radius 1 is 1.17 bits per heavy atom. The van der Waals surface area contributed by atoms with Gasteiger partial charge in [0.05, 0.1) is 11.7 Å². The Hall–Kier alpha value is -2.66. The summed E-state index contributed by atoms with van der Waals surface area (Å²) in [6.45, 7) is 4.33. The minimum Gasteiger partial charge on any atom is -0.545 e. The smallest absolute Gasteiger partial charge is 0.187 e. The summed E-state index contributed by atoms with van der Waals surface area (Å²) in [5.41, 5.74) is 4.07. The molecular weight excluding hydrogens is 320 g/mol. The summed E-state index contributed by atoms with van der Waals surface area (Å²) in [5, 5.41) is 16.8. The molecule has 3 rings (SSSR count). The van der Waals surface area contributed by atoms with Crippen LogP contribution >= 0.6 is 11.3 Å². The quantitative estimate of drug-likeness (QED) is 0.763. The standard InChI is InChI=1S/C19H18N2O2S/c1-12(2)13-6-8-14(9-7-13)17-11-24-19(21-17)20-16-5-3-4-15(10-16)18(22)23/h3-12H,1-2H3,(H,20,21)(H,22,23)/p-1. The minimum absolute atomic E-state index is 0.140. The lowest BCUT2D eigenvalue weighted by molar-refractivity contribution is -0.255. The van der Waals surface area contributed by atoms with Gasteiger partial charge >= 0.3 is 0 Å². The lowest BCUT2D eigenvalue weighted by Crippen LogP contribution is -2.22. The predicted molar refractivity (Wildman–Crippen MR) is 95.7 cm³/mol. The van der Waals surface area contributed by atoms with Crippen LogP contribution in [0.2, 0.25) is 0 Å². The van der Waals surface area contributed by atoms with Crippen LogP contribution in [0.25, 0.3) is 11.3 Å². The molecule has 0 aliphatic heterocycles. The highest BCUT2D eigenvalue weighted by molar-refractivity contribution is 7.14. The predicted octanol–water partition coefficient (Wildman–Crippen LogP) is 4.04. The molecule has 0 radical (unpaired) electrons. The molecule has 1 heterocycles. The van der Waals surface area contributed by atoms with Gasteiger partial charge in [-0.25, -0.2) is 4.98 Å². The highest BCUT2D eigenvalue weighted by Crippen LogP contribution is 2.28. The van der Waals surface area contributed by atoms with Gasteiger partial charge in [-0.2, -0.15) is 0 Å². The fourth-order valence-electron chi connectivity index (χ4n) is 2.35. The van der Waals surface area contributed by atoms with Gasteiger partial charge < -0.3 is 15.2 Å². The number of carbonyl (C=O) groups excluding carboxylic acids is 1. The van der Waals surface area contributed by atoms with E-state index in [4.69, 9.17) is 0 Å². The molecule has 0 atom stereocenters. The molecule has 24 heavy (non-hydrogen) atoms. The number of aromatic nitrogens is 1. The number of nitrogens with zero attached hydrogens (tertiary/aromatic N) is 1. The number of carboxylic acids is 1. The zero-order valence-corrected chi connectivity index (χ0v) is 14.3. The Kier molecular flexibility index (Phi) is 4.62. The van der Waals surface area contributed by atoms with Gasteiger partial charge in [0.25, 0.3) is 0 Å². The number of carboxylic acid groups (broad SMARTS) is 1. The van der Waals surface area contributed by atoms with Crippen LogP contribution < -0.4 is 10.4 Å². The van der Waals surface area contributed by atoms with E-state index in [9.17, 15) is 9.90 Å². The molecular formula is C19H17N2O2S-. The van der Waals surface area contributed by atoms with E-state index < -0.39 is 5.97 Å². The SMILES string of the molecule is CC(C)c1ccc(-c2csc(Nc3cccc(C(=O)[O-])c3)n2)cc1. The summed E-state index contributed by atoms with van der Waals surface area (Å²) >= 11 is 1.48. The molecule has 0 amide bonds. The number of benzene rings is 2. The Morgan fingerprint density at radius 3 is 2.58 bits per heavy atom. The molecule has 122 valence electrons. The van der Waals surface area contributed by atoms with E-state index in [0.717, 1.165) is 11.3 Å². The van der Waals surface area contributed by atoms with Crippen molar-refractivity contribution >= 4 is 28.1 Å². The molecule has 5 heteroatoms. The van der Waals surface area contributed by atoms with Gasteiger partial charge in [0, 0.05) is 16.6 Å². The Bertz CT molecular complexity index is 854. The van der Waals surface area contributed by atoms with Gasteiger partial charge in [0.15, 0.2) is 5.13 Å². The van der Waals surface area contributed by atoms with Gasteiger partial charge in [-0.15, -0.1) is 11.3 Å². The van der Waals surface area contributed by atoms with Crippen molar-refractivity contribution in [2.45, 2.75) is 19.8 Å². The van der Waals surface area contributed by atoms with Crippen LogP contribution in [0.15, 0.2) is 53.9 Å². The van der Waals surface area contributed by atoms with E-state index >= 15 is 0 Å². The third-order valence-corrected chi connectivity index (χ3v) is 4.48. The van der Waals surface area contributed by atoms with Crippen molar-refractivity contribution < 1.29 is 9.90 Å². The average molecular weight is 337 g/mol. The Labute approximate surface area is 144 Å². The van der Waals surface area contributed by atoms with Crippen molar-refractivity contribution in [1.82, 2.24) is 4.98 Å². The van der Waals surface area contributed by atoms with Crippen molar-refractivity contribution in [2.24, 2.45) is 0 Å². The molecule has 0 saturated carbocycles. The average Bonchev–Trinajstić information content (AvgIpc) is 3.03. The molecule has 1 aromatic heterocycles. The van der Waals surface area contributed by atoms with Gasteiger partial charge in [-0.3, -0.25) is 0 Å². The number of rotatable bonds is 5. The van der Waals surface area contributed by atoms with Gasteiger partial charge in [0.1, 0.15) is 0 Å². The first-order valence-electron chi connectivity index (χ1n) is 7.67. The largest absolute Gasteiger partial charge is 0.545 e. The number of hydrogen-bond acceptors (Lipinski definition) is 5. The lowest BCUT2D eigenvalue weighted by atomic mass is 10.0. The van der Waals surface area contributed by atoms with Crippen molar-refractivity contribution in [1.29, 1.82) is 0 Å². The molecule has 0 fully saturated rings. The molecule has 0 aliphatic carbocycles. The zero-order valence-electron chi connectivity index (χ0n) is 13.4. The van der Waals surface area contributed by atoms with Crippen LogP contribution in [0.3, 0.4) is 0 Å². The van der Waals surface area contributed by atoms with Gasteiger partial charge in [0.2, 0.25) is 0 Å². The lowest BCUT2D eigenvalue weighted by Gasteiger charge is -2.07. The third-order valence-electron chi connectivity index (χ3n) is 3.73. The maximum absolute atomic E-state index is 10.9. The number of aromatic carboxylic acids is 1. The molecule has 3 aromatic rings. The first-order chi connectivity index (χ1) is 11.5. The van der Waals surface area contributed by atoms with Crippen LogP contribution in [0.4, 0.5) is 10.8 Å². The minimum atomic E-state index is -1.19. The summed E-state index contributed by atoms with van der Waals surface area (Å²) < 4.78 is 0. The van der Waals surface area contributed by atoms with Gasteiger partial charge in [-0.05, 0) is 29.2 Å². The summed E-state index contributed by atoms with van der Waals surface area (Å²) in [6, 6.07) is 14.9. The first-order valence-corrected chi connectivity index (χ1v) is 8.55. The topological polar surface area (TPSA) is 65.0 Å². The summed E-state index contributed by atoms with van der Waals surface area (Å²) in [6.07, 6.45) is 0. The van der Waals surface area contributed by atoms with Crippen molar-refractivity contribution in [3.05, 3.63) is 65.0 Å². The summed E-state index contributed by atoms with van der Waals surface area (Å²) in [5.74, 6) is -0.688. The fourth-order valence-corrected chi connectivity index (χ4v) is 3.09. The zero-order chi connectivity index (χ0) is 17.1. The third kappa shape index (κ3) is 3.63. The monoisotopic (exact) mass is 337 g/mol. The molecule has 0 bridgehead atoms. The second-order valence-electron chi connectivity index (χ2n) is 5.81. The van der Waals surface area contributed by atoms with Crippen molar-refractivity contribution in [3.63, 3.8) is 0 Å². The molecule has 0 unspecified atom stereocenters. The van der Waals surface area contributed by atoms with Crippen LogP contribution in [0, 0.1) is 0 Å². The number of nitrogens with one attached hydrogen (secondary N) is 1. The number of thiazole rings is 1. The summed E-state index contributed by atoms with van der Waals surface area (Å²) in [4.78, 5) is 15.5. The van der Waals surface area contributed by atoms with Crippen molar-refractivity contribution in [3.8, 4) is 11.3 Å². The fraction of sp³-hybridized carbons (Fsp3) is 0.158. The number of hydrogen-bond donors (Lipinski definition) is 1. The number of carbonyl (C=O) groups is 1. The normalized spacial score (nSPS) is 10.8. The summed E-state index contributed by atoms with van der Waals surface area (Å²) in [7, 11) is 0. The van der Waals surface area contributed by atoms with Crippen molar-refractivity contribution in [2.75, 3.05) is 5.32 Å². The Morgan fingerprint density at radius 2 is 1.92 bits per heavy atom. The maximum atomic E-state index is 10.9. The van der Waals surface area contributed by atoms with E-state index in [1.54, 1.807) is 12.1 Å². The number of anilines is 2. The van der Waals surface area contributed by atoms with Crippen LogP contribution in [0.5, 0.6) is 0 Å². The van der Waals surface area contributed by atoms with E-state index in [0.29, 0.717) is 16.7 Å². The molecule has 1 N–H and O–H groups in total. The van der Waals surface area contributed by atoms with E-state index in [2.05, 4.69) is 48.4 Å². The first kappa shape index (κ1) is 16.2. The van der Waals surface area contributed by atoms with E-state index in [1.165, 1.54) is 29.0 Å². The highest BCUT2D eigenvalue weighted by atomic mass is 32.1. The van der Waals surface area contributed by atoms with E-state index in [-0.39, 0.29) is 5.56 Å². The van der Waals surface area contributed by atoms with E-state index in [1.807, 2.05) is 5.38 Å². The second-order valence-corrected chi connectivity index (χ2v) is 6.67. The highest BCUT2D eigenvalue weighted by Gasteiger charge is 2.06. The maximum Gasteiger partial charge on any atom is 0.187 e.